The number of carbonyl (C=O) groups excluding carboxylic acids is 2. The van der Waals surface area contributed by atoms with Gasteiger partial charge >= 0.3 is 6.03 Å². The van der Waals surface area contributed by atoms with Gasteiger partial charge in [0.25, 0.3) is 0 Å². The zero-order chi connectivity index (χ0) is 18.4. The van der Waals surface area contributed by atoms with E-state index in [0.29, 0.717) is 39.5 Å². The summed E-state index contributed by atoms with van der Waals surface area (Å²) >= 11 is 0. The first-order valence-corrected chi connectivity index (χ1v) is 10.0. The maximum atomic E-state index is 13.3. The van der Waals surface area contributed by atoms with Crippen LogP contribution >= 0.6 is 0 Å². The Morgan fingerprint density at radius 3 is 2.58 bits per heavy atom. The van der Waals surface area contributed by atoms with Crippen molar-refractivity contribution >= 4 is 11.9 Å². The van der Waals surface area contributed by atoms with Gasteiger partial charge in [-0.2, -0.15) is 0 Å². The number of methoxy groups -OCH3 is 1. The van der Waals surface area contributed by atoms with E-state index in [9.17, 15) is 9.59 Å². The van der Waals surface area contributed by atoms with Crippen LogP contribution in [0, 0.1) is 11.3 Å². The van der Waals surface area contributed by atoms with Crippen LogP contribution < -0.4 is 5.32 Å². The summed E-state index contributed by atoms with van der Waals surface area (Å²) in [7, 11) is 1.66. The number of amides is 3. The molecule has 0 aromatic rings. The summed E-state index contributed by atoms with van der Waals surface area (Å²) < 4.78 is 10.6. The van der Waals surface area contributed by atoms with Crippen LogP contribution in [0.3, 0.4) is 0 Å². The van der Waals surface area contributed by atoms with Gasteiger partial charge in [0.2, 0.25) is 5.91 Å². The SMILES string of the molecule is COCCCNC(=O)N1C[C@@H](C(=O)N2CCCCC2)C2(CCOCC2)C1. The van der Waals surface area contributed by atoms with Crippen LogP contribution in [0.1, 0.15) is 38.5 Å². The second kappa shape index (κ2) is 9.04. The minimum atomic E-state index is -0.114. The van der Waals surface area contributed by atoms with Crippen LogP contribution in [0.4, 0.5) is 4.79 Å². The molecule has 0 radical (unpaired) electrons. The molecule has 3 amide bonds. The molecule has 0 unspecified atom stereocenters. The van der Waals surface area contributed by atoms with Gasteiger partial charge in [0.05, 0.1) is 5.92 Å². The van der Waals surface area contributed by atoms with Gasteiger partial charge in [0.15, 0.2) is 0 Å². The largest absolute Gasteiger partial charge is 0.385 e. The number of hydrogen-bond acceptors (Lipinski definition) is 4. The van der Waals surface area contributed by atoms with Crippen molar-refractivity contribution in [1.82, 2.24) is 15.1 Å². The molecule has 0 aromatic heterocycles. The second-order valence-corrected chi connectivity index (χ2v) is 7.87. The lowest BCUT2D eigenvalue weighted by molar-refractivity contribution is -0.141. The highest BCUT2D eigenvalue weighted by Crippen LogP contribution is 2.45. The standard InChI is InChI=1S/C19H33N3O4/c1-25-11-5-8-20-18(24)22-14-16(17(23)21-9-3-2-4-10-21)19(15-22)6-12-26-13-7-19/h16H,2-15H2,1H3,(H,20,24)/t16-/m0/s1. The average molecular weight is 367 g/mol. The lowest BCUT2D eigenvalue weighted by Gasteiger charge is -2.39. The summed E-state index contributed by atoms with van der Waals surface area (Å²) in [5.41, 5.74) is -0.114. The topological polar surface area (TPSA) is 71.1 Å². The van der Waals surface area contributed by atoms with E-state index in [2.05, 4.69) is 5.32 Å². The van der Waals surface area contributed by atoms with E-state index < -0.39 is 0 Å². The normalized spacial score (nSPS) is 25.5. The monoisotopic (exact) mass is 367 g/mol. The zero-order valence-electron chi connectivity index (χ0n) is 16.0. The third-order valence-corrected chi connectivity index (χ3v) is 6.19. The van der Waals surface area contributed by atoms with Crippen LogP contribution in [0.15, 0.2) is 0 Å². The maximum Gasteiger partial charge on any atom is 0.317 e. The van der Waals surface area contributed by atoms with Gasteiger partial charge in [-0.15, -0.1) is 0 Å². The van der Waals surface area contributed by atoms with Crippen molar-refractivity contribution in [1.29, 1.82) is 0 Å². The van der Waals surface area contributed by atoms with Crippen LogP contribution in [-0.4, -0.2) is 81.4 Å². The molecule has 0 aliphatic carbocycles. The van der Waals surface area contributed by atoms with Gasteiger partial charge in [0, 0.05) is 65.1 Å². The maximum absolute atomic E-state index is 13.3. The summed E-state index contributed by atoms with van der Waals surface area (Å²) in [5, 5.41) is 2.97. The highest BCUT2D eigenvalue weighted by atomic mass is 16.5. The highest BCUT2D eigenvalue weighted by Gasteiger charge is 2.52. The summed E-state index contributed by atoms with van der Waals surface area (Å²) in [5.74, 6) is 0.163. The van der Waals surface area contributed by atoms with Crippen molar-refractivity contribution in [2.75, 3.05) is 59.7 Å². The number of ether oxygens (including phenoxy) is 2. The minimum absolute atomic E-state index is 0.0547. The number of piperidine rings is 1. The summed E-state index contributed by atoms with van der Waals surface area (Å²) in [4.78, 5) is 29.7. The predicted octanol–water partition coefficient (Wildman–Crippen LogP) is 1.47. The third kappa shape index (κ3) is 4.31. The zero-order valence-corrected chi connectivity index (χ0v) is 16.0. The first-order chi connectivity index (χ1) is 12.7. The number of nitrogens with one attached hydrogen (secondary N) is 1. The molecule has 3 fully saturated rings. The molecular formula is C19H33N3O4. The molecule has 0 bridgehead atoms. The van der Waals surface area contributed by atoms with E-state index in [1.165, 1.54) is 6.42 Å². The Bertz CT molecular complexity index is 487. The Kier molecular flexibility index (Phi) is 6.75. The average Bonchev–Trinajstić information content (AvgIpc) is 3.04. The molecule has 148 valence electrons. The molecular weight excluding hydrogens is 334 g/mol. The lowest BCUT2D eigenvalue weighted by Crippen LogP contribution is -2.47. The van der Waals surface area contributed by atoms with Gasteiger partial charge in [-0.05, 0) is 38.5 Å². The number of urea groups is 1. The Balaban J connectivity index is 1.65. The number of hydrogen-bond donors (Lipinski definition) is 1. The molecule has 1 N–H and O–H groups in total. The van der Waals surface area contributed by atoms with Crippen LogP contribution in [0.5, 0.6) is 0 Å². The highest BCUT2D eigenvalue weighted by molar-refractivity contribution is 5.83. The Hall–Kier alpha value is -1.34. The van der Waals surface area contributed by atoms with Gasteiger partial charge in [-0.25, -0.2) is 4.79 Å². The number of carbonyl (C=O) groups is 2. The quantitative estimate of drug-likeness (QED) is 0.747. The van der Waals surface area contributed by atoms with E-state index in [-0.39, 0.29) is 23.3 Å². The van der Waals surface area contributed by atoms with E-state index >= 15 is 0 Å². The Labute approximate surface area is 156 Å². The van der Waals surface area contributed by atoms with Crippen molar-refractivity contribution < 1.29 is 19.1 Å². The van der Waals surface area contributed by atoms with Crippen molar-refractivity contribution in [2.24, 2.45) is 11.3 Å². The molecule has 7 heteroatoms. The molecule has 3 saturated heterocycles. The first-order valence-electron chi connectivity index (χ1n) is 10.0. The van der Waals surface area contributed by atoms with Crippen LogP contribution in [0.2, 0.25) is 0 Å². The summed E-state index contributed by atoms with van der Waals surface area (Å²) in [6, 6.07) is -0.0547. The summed E-state index contributed by atoms with van der Waals surface area (Å²) in [6.45, 7) is 5.54. The molecule has 3 aliphatic heterocycles. The smallest absolute Gasteiger partial charge is 0.317 e. The Morgan fingerprint density at radius 2 is 1.88 bits per heavy atom. The number of rotatable bonds is 5. The minimum Gasteiger partial charge on any atom is -0.385 e. The van der Waals surface area contributed by atoms with E-state index in [1.807, 2.05) is 9.80 Å². The molecule has 26 heavy (non-hydrogen) atoms. The fourth-order valence-electron chi connectivity index (χ4n) is 4.61. The predicted molar refractivity (Wildman–Crippen MR) is 97.9 cm³/mol. The molecule has 7 nitrogen and oxygen atoms in total. The third-order valence-electron chi connectivity index (χ3n) is 6.19. The molecule has 3 heterocycles. The van der Waals surface area contributed by atoms with Crippen LogP contribution in [0.25, 0.3) is 0 Å². The number of likely N-dealkylation sites (tertiary alicyclic amines) is 2. The molecule has 0 aromatic carbocycles. The fourth-order valence-corrected chi connectivity index (χ4v) is 4.61. The summed E-state index contributed by atoms with van der Waals surface area (Å²) in [6.07, 6.45) is 5.93. The van der Waals surface area contributed by atoms with Gasteiger partial charge in [-0.3, -0.25) is 4.79 Å². The van der Waals surface area contributed by atoms with Crippen molar-refractivity contribution in [3.8, 4) is 0 Å². The fraction of sp³-hybridized carbons (Fsp3) is 0.895. The van der Waals surface area contributed by atoms with Crippen LogP contribution in [-0.2, 0) is 14.3 Å². The van der Waals surface area contributed by atoms with E-state index in [4.69, 9.17) is 9.47 Å². The molecule has 0 saturated carbocycles. The van der Waals surface area contributed by atoms with Crippen molar-refractivity contribution in [3.63, 3.8) is 0 Å². The lowest BCUT2D eigenvalue weighted by atomic mass is 9.71. The molecule has 3 aliphatic rings. The molecule has 1 atom stereocenters. The van der Waals surface area contributed by atoms with Crippen molar-refractivity contribution in [3.05, 3.63) is 0 Å². The van der Waals surface area contributed by atoms with E-state index in [0.717, 1.165) is 45.2 Å². The first kappa shape index (κ1) is 19.4. The Morgan fingerprint density at radius 1 is 1.15 bits per heavy atom. The van der Waals surface area contributed by atoms with E-state index in [1.54, 1.807) is 7.11 Å². The molecule has 1 spiro atoms. The molecule has 3 rings (SSSR count). The van der Waals surface area contributed by atoms with Gasteiger partial charge in [0.1, 0.15) is 0 Å². The second-order valence-electron chi connectivity index (χ2n) is 7.87. The van der Waals surface area contributed by atoms with Gasteiger partial charge in [-0.1, -0.05) is 0 Å². The number of nitrogens with zero attached hydrogens (tertiary/aromatic N) is 2. The van der Waals surface area contributed by atoms with Gasteiger partial charge < -0.3 is 24.6 Å². The van der Waals surface area contributed by atoms with Crippen molar-refractivity contribution in [2.45, 2.75) is 38.5 Å².